The van der Waals surface area contributed by atoms with Crippen LogP contribution in [-0.4, -0.2) is 39.2 Å². The van der Waals surface area contributed by atoms with E-state index in [0.717, 1.165) is 36.2 Å². The smallest absolute Gasteiger partial charge is 0.376 e. The van der Waals surface area contributed by atoms with Crippen molar-refractivity contribution >= 4 is 35.7 Å². The van der Waals surface area contributed by atoms with Crippen LogP contribution >= 0.6 is 0 Å². The summed E-state index contributed by atoms with van der Waals surface area (Å²) in [5.41, 5.74) is 10.2. The van der Waals surface area contributed by atoms with Gasteiger partial charge in [-0.05, 0) is 74.2 Å². The number of carbonyl (C=O) groups is 3. The summed E-state index contributed by atoms with van der Waals surface area (Å²) >= 11 is 0. The van der Waals surface area contributed by atoms with Gasteiger partial charge in [0.25, 0.3) is 0 Å². The Morgan fingerprint density at radius 3 is 2.12 bits per heavy atom. The zero-order chi connectivity index (χ0) is 30.8. The third kappa shape index (κ3) is 7.52. The summed E-state index contributed by atoms with van der Waals surface area (Å²) in [6.07, 6.45) is -1.80. The number of aryl methyl sites for hydroxylation is 2. The van der Waals surface area contributed by atoms with E-state index in [2.05, 4.69) is 12.7 Å². The van der Waals surface area contributed by atoms with E-state index in [1.165, 1.54) is 11.0 Å². The number of hydrogen-bond acceptors (Lipinski definition) is 5. The third-order valence-electron chi connectivity index (χ3n) is 6.64. The lowest BCUT2D eigenvalue weighted by molar-refractivity contribution is -0.137. The number of rotatable bonds is 6. The molecule has 3 aromatic rings. The SMILES string of the molecule is CCCN.Cc1ccc2c(c1)CCC2(C=O)C(=O)N(c1ccccc1)c1cc(C(F)(F)F)ccc1N(C)C.NC=O. The first-order chi connectivity index (χ1) is 19.4. The lowest BCUT2D eigenvalue weighted by Gasteiger charge is -2.34. The molecule has 1 aliphatic carbocycles. The van der Waals surface area contributed by atoms with E-state index in [-0.39, 0.29) is 18.5 Å². The van der Waals surface area contributed by atoms with Gasteiger partial charge in [0.1, 0.15) is 11.7 Å². The number of aldehydes is 1. The number of nitrogens with zero attached hydrogens (tertiary/aromatic N) is 2. The van der Waals surface area contributed by atoms with Crippen molar-refractivity contribution in [1.82, 2.24) is 0 Å². The van der Waals surface area contributed by atoms with E-state index >= 15 is 0 Å². The molecule has 0 radical (unpaired) electrons. The Kier molecular flexibility index (Phi) is 11.6. The van der Waals surface area contributed by atoms with Gasteiger partial charge in [0, 0.05) is 19.8 Å². The quantitative estimate of drug-likeness (QED) is 0.309. The highest BCUT2D eigenvalue weighted by molar-refractivity contribution is 6.16. The largest absolute Gasteiger partial charge is 0.416 e. The van der Waals surface area contributed by atoms with Crippen molar-refractivity contribution in [3.63, 3.8) is 0 Å². The molecule has 0 spiro atoms. The molecule has 0 fully saturated rings. The van der Waals surface area contributed by atoms with Gasteiger partial charge in [0.2, 0.25) is 12.3 Å². The van der Waals surface area contributed by atoms with E-state index in [1.54, 1.807) is 55.4 Å². The van der Waals surface area contributed by atoms with Gasteiger partial charge < -0.3 is 21.2 Å². The van der Waals surface area contributed by atoms with Crippen molar-refractivity contribution in [2.75, 3.05) is 30.4 Å². The Bertz CT molecular complexity index is 1330. The van der Waals surface area contributed by atoms with Crippen molar-refractivity contribution in [3.8, 4) is 0 Å². The predicted octanol–water partition coefficient (Wildman–Crippen LogP) is 5.28. The Labute approximate surface area is 238 Å². The number of fused-ring (bicyclic) bond motifs is 1. The number of para-hydroxylation sites is 1. The number of amides is 2. The Morgan fingerprint density at radius 2 is 1.61 bits per heavy atom. The van der Waals surface area contributed by atoms with Crippen molar-refractivity contribution in [1.29, 1.82) is 0 Å². The van der Waals surface area contributed by atoms with Crippen LogP contribution in [0.15, 0.2) is 66.7 Å². The van der Waals surface area contributed by atoms with Gasteiger partial charge in [-0.15, -0.1) is 0 Å². The van der Waals surface area contributed by atoms with E-state index in [9.17, 15) is 22.8 Å². The van der Waals surface area contributed by atoms with E-state index in [1.807, 2.05) is 19.1 Å². The fourth-order valence-corrected chi connectivity index (χ4v) is 4.63. The number of benzene rings is 3. The number of hydrogen-bond donors (Lipinski definition) is 2. The maximum absolute atomic E-state index is 14.3. The molecular weight excluding hydrogens is 533 g/mol. The molecule has 0 saturated heterocycles. The van der Waals surface area contributed by atoms with E-state index in [4.69, 9.17) is 10.5 Å². The molecule has 3 aromatic carbocycles. The highest BCUT2D eigenvalue weighted by Crippen LogP contribution is 2.45. The van der Waals surface area contributed by atoms with Gasteiger partial charge in [-0.25, -0.2) is 0 Å². The molecule has 4 rings (SSSR count). The molecule has 1 unspecified atom stereocenters. The number of halogens is 3. The standard InChI is InChI=1S/C27H25F3N2O2.C3H9N.CH3NO/c1-18-9-11-22-19(15-18)13-14-26(22,17-33)25(34)32(21-7-5-4-6-8-21)24-16-20(27(28,29)30)10-12-23(24)31(2)3;1-2-3-4;2-1-3/h4-12,15-17H,13-14H2,1-3H3;2-4H2,1H3;1H,(H2,2,3). The minimum atomic E-state index is -4.59. The van der Waals surface area contributed by atoms with Crippen molar-refractivity contribution in [2.24, 2.45) is 11.5 Å². The lowest BCUT2D eigenvalue weighted by atomic mass is 9.81. The molecule has 0 aromatic heterocycles. The first-order valence-electron chi connectivity index (χ1n) is 13.1. The Hall–Kier alpha value is -4.18. The fraction of sp³-hybridized carbons (Fsp3) is 0.323. The Morgan fingerprint density at radius 1 is 1.00 bits per heavy atom. The van der Waals surface area contributed by atoms with Crippen LogP contribution in [0.25, 0.3) is 0 Å². The summed E-state index contributed by atoms with van der Waals surface area (Å²) in [4.78, 5) is 38.4. The maximum Gasteiger partial charge on any atom is 0.416 e. The monoisotopic (exact) mass is 570 g/mol. The van der Waals surface area contributed by atoms with Crippen LogP contribution in [0, 0.1) is 6.92 Å². The molecule has 41 heavy (non-hydrogen) atoms. The molecule has 4 N–H and O–H groups in total. The van der Waals surface area contributed by atoms with E-state index in [0.29, 0.717) is 29.6 Å². The third-order valence-corrected chi connectivity index (χ3v) is 6.64. The number of primary amides is 1. The number of anilines is 3. The van der Waals surface area contributed by atoms with E-state index < -0.39 is 23.1 Å². The zero-order valence-electron chi connectivity index (χ0n) is 23.7. The van der Waals surface area contributed by atoms with Gasteiger partial charge >= 0.3 is 6.18 Å². The van der Waals surface area contributed by atoms with Gasteiger partial charge in [0.05, 0.1) is 16.9 Å². The molecule has 1 atom stereocenters. The molecule has 7 nitrogen and oxygen atoms in total. The van der Waals surface area contributed by atoms with Crippen molar-refractivity contribution in [3.05, 3.63) is 89.0 Å². The van der Waals surface area contributed by atoms with Gasteiger partial charge in [0.15, 0.2) is 0 Å². The maximum atomic E-state index is 14.3. The topological polar surface area (TPSA) is 110 Å². The number of alkyl halides is 3. The lowest BCUT2D eigenvalue weighted by Crippen LogP contribution is -2.45. The summed E-state index contributed by atoms with van der Waals surface area (Å²) in [7, 11) is 3.39. The summed E-state index contributed by atoms with van der Waals surface area (Å²) < 4.78 is 41.0. The van der Waals surface area contributed by atoms with Crippen LogP contribution < -0.4 is 21.3 Å². The van der Waals surface area contributed by atoms with Gasteiger partial charge in [-0.1, -0.05) is 48.9 Å². The molecule has 10 heteroatoms. The second-order valence-corrected chi connectivity index (χ2v) is 9.75. The van der Waals surface area contributed by atoms with Crippen molar-refractivity contribution < 1.29 is 27.6 Å². The highest BCUT2D eigenvalue weighted by atomic mass is 19.4. The second-order valence-electron chi connectivity index (χ2n) is 9.75. The van der Waals surface area contributed by atoms with Crippen LogP contribution in [0.4, 0.5) is 30.2 Å². The number of nitrogens with two attached hydrogens (primary N) is 2. The average Bonchev–Trinajstić information content (AvgIpc) is 3.32. The molecule has 2 amide bonds. The minimum absolute atomic E-state index is 0.0674. The second kappa shape index (κ2) is 14.5. The normalized spacial score (nSPS) is 15.3. The Balaban J connectivity index is 0.000000759. The summed E-state index contributed by atoms with van der Waals surface area (Å²) in [5, 5.41) is 0. The van der Waals surface area contributed by atoms with Crippen LogP contribution in [0.3, 0.4) is 0 Å². The molecule has 1 aliphatic rings. The molecule has 0 heterocycles. The summed E-state index contributed by atoms with van der Waals surface area (Å²) in [6.45, 7) is 4.81. The highest BCUT2D eigenvalue weighted by Gasteiger charge is 2.49. The van der Waals surface area contributed by atoms with Crippen LogP contribution in [-0.2, 0) is 32.4 Å². The van der Waals surface area contributed by atoms with Crippen LogP contribution in [0.5, 0.6) is 0 Å². The number of carbonyl (C=O) groups excluding carboxylic acids is 3. The molecule has 220 valence electrons. The minimum Gasteiger partial charge on any atom is -0.376 e. The molecule has 0 saturated carbocycles. The van der Waals surface area contributed by atoms with Crippen LogP contribution in [0.2, 0.25) is 0 Å². The van der Waals surface area contributed by atoms with Gasteiger partial charge in [-0.3, -0.25) is 14.5 Å². The average molecular weight is 571 g/mol. The summed E-state index contributed by atoms with van der Waals surface area (Å²) in [5.74, 6) is -0.571. The zero-order valence-corrected chi connectivity index (χ0v) is 23.7. The first kappa shape index (κ1) is 33.0. The fourth-order valence-electron chi connectivity index (χ4n) is 4.63. The van der Waals surface area contributed by atoms with Gasteiger partial charge in [-0.2, -0.15) is 13.2 Å². The van der Waals surface area contributed by atoms with Crippen molar-refractivity contribution in [2.45, 2.75) is 44.7 Å². The predicted molar refractivity (Wildman–Crippen MR) is 156 cm³/mol. The first-order valence-corrected chi connectivity index (χ1v) is 13.1. The molecule has 0 bridgehead atoms. The molecule has 0 aliphatic heterocycles. The molecular formula is C31H37F3N4O3. The van der Waals surface area contributed by atoms with Crippen LogP contribution in [0.1, 0.15) is 42.0 Å². The summed E-state index contributed by atoms with van der Waals surface area (Å²) in [6, 6.07) is 17.4.